The average molecular weight is 421 g/mol. The number of hydrogen-bond donors (Lipinski definition) is 1. The second kappa shape index (κ2) is 5.67. The van der Waals surface area contributed by atoms with Gasteiger partial charge in [-0.25, -0.2) is 4.79 Å². The maximum atomic E-state index is 13.2. The molecule has 4 aliphatic rings. The first-order valence-electron chi connectivity index (χ1n) is 9.42. The predicted octanol–water partition coefficient (Wildman–Crippen LogP) is 2.98. The van der Waals surface area contributed by atoms with Crippen molar-refractivity contribution in [3.8, 4) is 0 Å². The van der Waals surface area contributed by atoms with Crippen LogP contribution in [0.4, 0.5) is 0 Å². The molecule has 0 aromatic carbocycles. The standard InChI is InChI=1S/C20H22NO4S2.CH4/c1-21(2)12-9-11(10-13(21)20-16(12)17(20)25-20)24-18(22)19(23,14-5-3-7-26-14)15-6-4-8-27-15;/h3-8,11-13,16-17,23H,9-10H2,1-2H3;1H4/q+1;. The summed E-state index contributed by atoms with van der Waals surface area (Å²) >= 11 is 2.76. The molecule has 1 saturated carbocycles. The van der Waals surface area contributed by atoms with E-state index in [4.69, 9.17) is 9.47 Å². The highest BCUT2D eigenvalue weighted by molar-refractivity contribution is 7.12. The van der Waals surface area contributed by atoms with Gasteiger partial charge < -0.3 is 19.1 Å². The van der Waals surface area contributed by atoms with E-state index < -0.39 is 11.6 Å². The summed E-state index contributed by atoms with van der Waals surface area (Å²) in [7, 11) is 4.56. The molecule has 2 bridgehead atoms. The van der Waals surface area contributed by atoms with E-state index in [-0.39, 0.29) is 19.1 Å². The monoisotopic (exact) mass is 420 g/mol. The van der Waals surface area contributed by atoms with Crippen LogP contribution >= 0.6 is 22.7 Å². The Hall–Kier alpha value is -1.25. The van der Waals surface area contributed by atoms with Crippen LogP contribution in [0.5, 0.6) is 0 Å². The van der Waals surface area contributed by atoms with Crippen molar-refractivity contribution in [1.82, 2.24) is 0 Å². The Bertz CT molecular complexity index is 875. The van der Waals surface area contributed by atoms with Crippen molar-refractivity contribution in [2.45, 2.75) is 55.8 Å². The Morgan fingerprint density at radius 1 is 1.25 bits per heavy atom. The number of fused-ring (bicyclic) bond motifs is 4. The Morgan fingerprint density at radius 2 is 1.89 bits per heavy atom. The zero-order valence-corrected chi connectivity index (χ0v) is 16.8. The zero-order chi connectivity index (χ0) is 18.6. The zero-order valence-electron chi connectivity index (χ0n) is 15.2. The molecule has 1 aliphatic carbocycles. The minimum atomic E-state index is -1.72. The van der Waals surface area contributed by atoms with Gasteiger partial charge in [-0.2, -0.15) is 0 Å². The van der Waals surface area contributed by atoms with Crippen LogP contribution in [0, 0.1) is 5.92 Å². The third-order valence-electron chi connectivity index (χ3n) is 7.37. The summed E-state index contributed by atoms with van der Waals surface area (Å²) in [6.07, 6.45) is 1.97. The van der Waals surface area contributed by atoms with E-state index in [1.54, 1.807) is 12.1 Å². The number of quaternary nitrogens is 1. The molecular formula is C21H26NO4S2+. The second-order valence-corrected chi connectivity index (χ2v) is 10.7. The highest BCUT2D eigenvalue weighted by atomic mass is 32.1. The number of esters is 1. The smallest absolute Gasteiger partial charge is 0.349 e. The number of nitrogens with zero attached hydrogens (tertiary/aromatic N) is 1. The van der Waals surface area contributed by atoms with Crippen molar-refractivity contribution in [1.29, 1.82) is 0 Å². The minimum Gasteiger partial charge on any atom is -0.459 e. The van der Waals surface area contributed by atoms with Gasteiger partial charge in [0, 0.05) is 12.8 Å². The molecule has 6 rings (SSSR count). The quantitative estimate of drug-likeness (QED) is 0.469. The van der Waals surface area contributed by atoms with Crippen molar-refractivity contribution in [3.63, 3.8) is 0 Å². The van der Waals surface area contributed by atoms with Gasteiger partial charge in [0.15, 0.2) is 5.60 Å². The van der Waals surface area contributed by atoms with Crippen LogP contribution in [0.3, 0.4) is 0 Å². The highest BCUT2D eigenvalue weighted by Gasteiger charge is 2.97. The molecule has 1 spiro atoms. The van der Waals surface area contributed by atoms with Crippen molar-refractivity contribution < 1.29 is 23.9 Å². The van der Waals surface area contributed by atoms with E-state index in [0.29, 0.717) is 33.9 Å². The number of carbonyl (C=O) groups is 1. The molecule has 3 saturated heterocycles. The first-order chi connectivity index (χ1) is 12.9. The van der Waals surface area contributed by atoms with Crippen LogP contribution in [0.1, 0.15) is 30.0 Å². The maximum absolute atomic E-state index is 13.2. The molecule has 2 aromatic rings. The first kappa shape index (κ1) is 18.8. The Labute approximate surface area is 173 Å². The number of likely N-dealkylation sites (N-methyl/N-ethyl adjacent to an activating group) is 1. The van der Waals surface area contributed by atoms with E-state index in [1.807, 2.05) is 22.9 Å². The Balaban J connectivity index is 0.00000171. The number of carbonyl (C=O) groups excluding carboxylic acids is 1. The van der Waals surface area contributed by atoms with Gasteiger partial charge >= 0.3 is 5.97 Å². The van der Waals surface area contributed by atoms with Gasteiger partial charge in [0.25, 0.3) is 0 Å². The van der Waals surface area contributed by atoms with Crippen molar-refractivity contribution in [3.05, 3.63) is 44.8 Å². The number of ether oxygens (including phenoxy) is 2. The van der Waals surface area contributed by atoms with Gasteiger partial charge in [-0.15, -0.1) is 22.7 Å². The van der Waals surface area contributed by atoms with Crippen LogP contribution in [0.15, 0.2) is 35.0 Å². The number of epoxide rings is 1. The average Bonchev–Trinajstić information content (AvgIpc) is 3.20. The molecule has 4 fully saturated rings. The number of rotatable bonds is 4. The van der Waals surface area contributed by atoms with Crippen LogP contribution < -0.4 is 0 Å². The lowest BCUT2D eigenvalue weighted by Crippen LogP contribution is -2.60. The van der Waals surface area contributed by atoms with Crippen molar-refractivity contribution in [2.24, 2.45) is 5.92 Å². The van der Waals surface area contributed by atoms with E-state index in [9.17, 15) is 9.90 Å². The van der Waals surface area contributed by atoms with E-state index in [1.165, 1.54) is 22.7 Å². The van der Waals surface area contributed by atoms with Gasteiger partial charge in [-0.3, -0.25) is 0 Å². The van der Waals surface area contributed by atoms with E-state index in [0.717, 1.165) is 17.3 Å². The van der Waals surface area contributed by atoms with Gasteiger partial charge in [0.1, 0.15) is 24.3 Å². The van der Waals surface area contributed by atoms with Gasteiger partial charge in [0.05, 0.1) is 29.8 Å². The van der Waals surface area contributed by atoms with Crippen LogP contribution in [-0.4, -0.2) is 59.5 Å². The second-order valence-electron chi connectivity index (χ2n) is 8.79. The molecule has 28 heavy (non-hydrogen) atoms. The third-order valence-corrected chi connectivity index (χ3v) is 9.32. The maximum Gasteiger partial charge on any atom is 0.349 e. The van der Waals surface area contributed by atoms with Gasteiger partial charge in [-0.05, 0) is 22.9 Å². The molecule has 1 N–H and O–H groups in total. The summed E-state index contributed by atoms with van der Waals surface area (Å²) < 4.78 is 12.8. The van der Waals surface area contributed by atoms with E-state index in [2.05, 4.69) is 14.1 Å². The molecule has 6 atom stereocenters. The van der Waals surface area contributed by atoms with Gasteiger partial charge in [-0.1, -0.05) is 19.6 Å². The molecule has 0 amide bonds. The molecule has 150 valence electrons. The summed E-state index contributed by atoms with van der Waals surface area (Å²) in [5, 5.41) is 15.2. The summed E-state index contributed by atoms with van der Waals surface area (Å²) in [6.45, 7) is 0. The fourth-order valence-electron chi connectivity index (χ4n) is 5.91. The summed E-state index contributed by atoms with van der Waals surface area (Å²) in [4.78, 5) is 14.4. The Kier molecular flexibility index (Phi) is 3.80. The molecule has 7 heteroatoms. The normalized spacial score (nSPS) is 38.8. The molecular weight excluding hydrogens is 394 g/mol. The molecule has 5 heterocycles. The lowest BCUT2D eigenvalue weighted by atomic mass is 9.92. The number of thiophene rings is 2. The lowest BCUT2D eigenvalue weighted by molar-refractivity contribution is -0.936. The third kappa shape index (κ3) is 2.09. The lowest BCUT2D eigenvalue weighted by Gasteiger charge is -2.45. The number of aliphatic hydroxyl groups is 1. The molecule has 5 nitrogen and oxygen atoms in total. The fraction of sp³-hybridized carbons (Fsp3) is 0.571. The number of piperidine rings is 2. The molecule has 2 aromatic heterocycles. The van der Waals surface area contributed by atoms with Crippen LogP contribution in [0.25, 0.3) is 0 Å². The summed E-state index contributed by atoms with van der Waals surface area (Å²) in [5.74, 6) is 0.0816. The summed E-state index contributed by atoms with van der Waals surface area (Å²) in [5.41, 5.74) is -1.64. The summed E-state index contributed by atoms with van der Waals surface area (Å²) in [6, 6.07) is 8.17. The van der Waals surface area contributed by atoms with Crippen LogP contribution in [-0.2, 0) is 19.9 Å². The molecule has 0 radical (unpaired) electrons. The number of hydrogen-bond acceptors (Lipinski definition) is 6. The first-order valence-corrected chi connectivity index (χ1v) is 11.2. The molecule has 3 aliphatic heterocycles. The van der Waals surface area contributed by atoms with Crippen molar-refractivity contribution in [2.75, 3.05) is 14.1 Å². The van der Waals surface area contributed by atoms with Gasteiger partial charge in [0.2, 0.25) is 5.60 Å². The fourth-order valence-corrected chi connectivity index (χ4v) is 7.63. The van der Waals surface area contributed by atoms with Crippen molar-refractivity contribution >= 4 is 28.6 Å². The van der Waals surface area contributed by atoms with Crippen LogP contribution in [0.2, 0.25) is 0 Å². The minimum absolute atomic E-state index is 0. The Morgan fingerprint density at radius 3 is 2.39 bits per heavy atom. The molecule has 6 unspecified atom stereocenters. The topological polar surface area (TPSA) is 59.1 Å². The van der Waals surface area contributed by atoms with E-state index >= 15 is 0 Å². The predicted molar refractivity (Wildman–Crippen MR) is 108 cm³/mol. The highest BCUT2D eigenvalue weighted by Crippen LogP contribution is 2.77. The largest absolute Gasteiger partial charge is 0.459 e. The SMILES string of the molecule is C.C[N+]1(C)C2CC(OC(=O)C(O)(c3cccs3)c3cccs3)CC1C13OC1C23.